The van der Waals surface area contributed by atoms with Gasteiger partial charge < -0.3 is 15.4 Å². The van der Waals surface area contributed by atoms with Gasteiger partial charge in [-0.15, -0.1) is 0 Å². The van der Waals surface area contributed by atoms with Crippen LogP contribution in [-0.2, 0) is 4.74 Å². The van der Waals surface area contributed by atoms with Gasteiger partial charge in [-0.05, 0) is 25.7 Å². The van der Waals surface area contributed by atoms with Crippen LogP contribution in [0.3, 0.4) is 0 Å². The van der Waals surface area contributed by atoms with Crippen LogP contribution >= 0.6 is 0 Å². The maximum absolute atomic E-state index is 5.81. The van der Waals surface area contributed by atoms with Gasteiger partial charge in [0.15, 0.2) is 5.96 Å². The van der Waals surface area contributed by atoms with E-state index in [1.807, 2.05) is 7.05 Å². The molecule has 4 heteroatoms. The molecule has 2 N–H and O–H groups in total. The van der Waals surface area contributed by atoms with Crippen molar-refractivity contribution in [2.45, 2.75) is 57.3 Å². The number of guanidine groups is 1. The fraction of sp³-hybridized carbons (Fsp3) is 0.917. The predicted molar refractivity (Wildman–Crippen MR) is 65.7 cm³/mol. The summed E-state index contributed by atoms with van der Waals surface area (Å²) in [6.07, 6.45) is 6.89. The standard InChI is InChI=1S/C12H23N3O/c1-3-4-7-14-12(13-2)15-10-8-9-5-6-11(10)16-9/h9-11H,3-8H2,1-2H3,(H2,13,14,15). The van der Waals surface area contributed by atoms with E-state index in [-0.39, 0.29) is 0 Å². The Morgan fingerprint density at radius 2 is 2.31 bits per heavy atom. The summed E-state index contributed by atoms with van der Waals surface area (Å²) >= 11 is 0. The number of nitrogens with one attached hydrogen (secondary N) is 2. The van der Waals surface area contributed by atoms with E-state index >= 15 is 0 Å². The number of ether oxygens (including phenoxy) is 1. The molecule has 0 saturated carbocycles. The molecule has 2 rings (SSSR count). The highest BCUT2D eigenvalue weighted by Gasteiger charge is 2.40. The highest BCUT2D eigenvalue weighted by molar-refractivity contribution is 5.80. The number of nitrogens with zero attached hydrogens (tertiary/aromatic N) is 1. The smallest absolute Gasteiger partial charge is 0.191 e. The molecule has 3 unspecified atom stereocenters. The van der Waals surface area contributed by atoms with Gasteiger partial charge in [0, 0.05) is 13.6 Å². The molecule has 0 amide bonds. The van der Waals surface area contributed by atoms with Gasteiger partial charge >= 0.3 is 0 Å². The van der Waals surface area contributed by atoms with Crippen molar-refractivity contribution in [2.75, 3.05) is 13.6 Å². The monoisotopic (exact) mass is 225 g/mol. The van der Waals surface area contributed by atoms with Crippen LogP contribution in [0.2, 0.25) is 0 Å². The molecule has 2 heterocycles. The molecule has 2 aliphatic rings. The van der Waals surface area contributed by atoms with E-state index in [0.29, 0.717) is 18.2 Å². The summed E-state index contributed by atoms with van der Waals surface area (Å²) in [5.74, 6) is 0.926. The molecule has 0 aromatic carbocycles. The van der Waals surface area contributed by atoms with Crippen molar-refractivity contribution in [3.63, 3.8) is 0 Å². The summed E-state index contributed by atoms with van der Waals surface area (Å²) in [4.78, 5) is 4.25. The lowest BCUT2D eigenvalue weighted by Crippen LogP contribution is -2.47. The summed E-state index contributed by atoms with van der Waals surface area (Å²) in [6, 6.07) is 0.464. The Balaban J connectivity index is 1.74. The van der Waals surface area contributed by atoms with Crippen LogP contribution in [0.15, 0.2) is 4.99 Å². The van der Waals surface area contributed by atoms with Gasteiger partial charge in [0.05, 0.1) is 18.2 Å². The molecule has 4 nitrogen and oxygen atoms in total. The van der Waals surface area contributed by atoms with E-state index in [2.05, 4.69) is 22.5 Å². The minimum atomic E-state index is 0.412. The zero-order valence-electron chi connectivity index (χ0n) is 10.3. The predicted octanol–water partition coefficient (Wildman–Crippen LogP) is 1.27. The van der Waals surface area contributed by atoms with Crippen LogP contribution in [0, 0.1) is 0 Å². The fourth-order valence-electron chi connectivity index (χ4n) is 2.54. The fourth-order valence-corrected chi connectivity index (χ4v) is 2.54. The normalized spacial score (nSPS) is 33.1. The second-order valence-corrected chi connectivity index (χ2v) is 4.71. The SMILES string of the molecule is CCCCNC(=NC)NC1CC2CCC1O2. The first kappa shape index (κ1) is 11.7. The van der Waals surface area contributed by atoms with Gasteiger partial charge in [0.25, 0.3) is 0 Å². The molecule has 0 spiro atoms. The summed E-state index contributed by atoms with van der Waals surface area (Å²) in [5.41, 5.74) is 0. The Morgan fingerprint density at radius 3 is 2.88 bits per heavy atom. The molecule has 2 fully saturated rings. The minimum absolute atomic E-state index is 0.412. The number of hydrogen-bond acceptors (Lipinski definition) is 2. The highest BCUT2D eigenvalue weighted by Crippen LogP contribution is 2.34. The molecule has 16 heavy (non-hydrogen) atoms. The van der Waals surface area contributed by atoms with Crippen LogP contribution in [0.5, 0.6) is 0 Å². The molecule has 0 radical (unpaired) electrons. The van der Waals surface area contributed by atoms with Crippen LogP contribution in [0.25, 0.3) is 0 Å². The van der Waals surface area contributed by atoms with E-state index in [4.69, 9.17) is 4.74 Å². The Morgan fingerprint density at radius 1 is 1.44 bits per heavy atom. The summed E-state index contributed by atoms with van der Waals surface area (Å²) in [5, 5.41) is 6.81. The maximum atomic E-state index is 5.81. The Bertz CT molecular complexity index is 255. The van der Waals surface area contributed by atoms with E-state index in [0.717, 1.165) is 18.9 Å². The Labute approximate surface area is 97.9 Å². The molecule has 0 aromatic heterocycles. The van der Waals surface area contributed by atoms with Crippen molar-refractivity contribution in [3.8, 4) is 0 Å². The van der Waals surface area contributed by atoms with Crippen LogP contribution in [-0.4, -0.2) is 37.8 Å². The zero-order chi connectivity index (χ0) is 11.4. The van der Waals surface area contributed by atoms with Crippen molar-refractivity contribution in [1.82, 2.24) is 10.6 Å². The first-order chi connectivity index (χ1) is 7.83. The average Bonchev–Trinajstić information content (AvgIpc) is 2.89. The van der Waals surface area contributed by atoms with Gasteiger partial charge in [-0.1, -0.05) is 13.3 Å². The third-order valence-electron chi connectivity index (χ3n) is 3.47. The molecule has 2 aliphatic heterocycles. The summed E-state index contributed by atoms with van der Waals surface area (Å²) in [6.45, 7) is 3.19. The van der Waals surface area contributed by atoms with E-state index in [1.165, 1.54) is 25.7 Å². The van der Waals surface area contributed by atoms with E-state index in [1.54, 1.807) is 0 Å². The van der Waals surface area contributed by atoms with Crippen LogP contribution < -0.4 is 10.6 Å². The van der Waals surface area contributed by atoms with Gasteiger partial charge in [-0.25, -0.2) is 0 Å². The third-order valence-corrected chi connectivity index (χ3v) is 3.47. The molecule has 0 aliphatic carbocycles. The van der Waals surface area contributed by atoms with Crippen molar-refractivity contribution >= 4 is 5.96 Å². The van der Waals surface area contributed by atoms with Crippen molar-refractivity contribution in [1.29, 1.82) is 0 Å². The Hall–Kier alpha value is -0.770. The van der Waals surface area contributed by atoms with Crippen molar-refractivity contribution < 1.29 is 4.74 Å². The lowest BCUT2D eigenvalue weighted by molar-refractivity contribution is 0.0992. The van der Waals surface area contributed by atoms with Gasteiger partial charge in [-0.2, -0.15) is 0 Å². The highest BCUT2D eigenvalue weighted by atomic mass is 16.5. The van der Waals surface area contributed by atoms with E-state index < -0.39 is 0 Å². The number of fused-ring (bicyclic) bond motifs is 2. The Kier molecular flexibility index (Phi) is 4.04. The third kappa shape index (κ3) is 2.67. The number of aliphatic imine (C=N–C) groups is 1. The average molecular weight is 225 g/mol. The molecule has 92 valence electrons. The van der Waals surface area contributed by atoms with Gasteiger partial charge in [0.1, 0.15) is 0 Å². The topological polar surface area (TPSA) is 45.7 Å². The summed E-state index contributed by atoms with van der Waals surface area (Å²) < 4.78 is 5.81. The molecular formula is C12H23N3O. The summed E-state index contributed by atoms with van der Waals surface area (Å²) in [7, 11) is 1.83. The molecule has 2 bridgehead atoms. The quantitative estimate of drug-likeness (QED) is 0.430. The van der Waals surface area contributed by atoms with Crippen LogP contribution in [0.4, 0.5) is 0 Å². The number of rotatable bonds is 4. The van der Waals surface area contributed by atoms with Crippen molar-refractivity contribution in [2.24, 2.45) is 4.99 Å². The number of unbranched alkanes of at least 4 members (excludes halogenated alkanes) is 1. The first-order valence-corrected chi connectivity index (χ1v) is 6.46. The molecule has 3 atom stereocenters. The minimum Gasteiger partial charge on any atom is -0.373 e. The zero-order valence-corrected chi connectivity index (χ0v) is 10.3. The van der Waals surface area contributed by atoms with Crippen molar-refractivity contribution in [3.05, 3.63) is 0 Å². The van der Waals surface area contributed by atoms with Crippen LogP contribution in [0.1, 0.15) is 39.0 Å². The van der Waals surface area contributed by atoms with Gasteiger partial charge in [-0.3, -0.25) is 4.99 Å². The largest absolute Gasteiger partial charge is 0.373 e. The molecular weight excluding hydrogens is 202 g/mol. The number of hydrogen-bond donors (Lipinski definition) is 2. The van der Waals surface area contributed by atoms with Gasteiger partial charge in [0.2, 0.25) is 0 Å². The lowest BCUT2D eigenvalue weighted by atomic mass is 9.96. The maximum Gasteiger partial charge on any atom is 0.191 e. The lowest BCUT2D eigenvalue weighted by Gasteiger charge is -2.22. The molecule has 0 aromatic rings. The second-order valence-electron chi connectivity index (χ2n) is 4.71. The second kappa shape index (κ2) is 5.53. The van der Waals surface area contributed by atoms with E-state index in [9.17, 15) is 0 Å². The molecule has 2 saturated heterocycles. The first-order valence-electron chi connectivity index (χ1n) is 6.46.